The number of carbonyl (C=O) groups is 2. The van der Waals surface area contributed by atoms with Crippen molar-refractivity contribution in [3.05, 3.63) is 48.0 Å². The van der Waals surface area contributed by atoms with Gasteiger partial charge in [-0.1, -0.05) is 0 Å². The fourth-order valence-electron chi connectivity index (χ4n) is 4.44. The molecule has 1 saturated carbocycles. The molecule has 7 nitrogen and oxygen atoms in total. The number of halogens is 1. The fourth-order valence-corrected chi connectivity index (χ4v) is 4.44. The van der Waals surface area contributed by atoms with Gasteiger partial charge in [0, 0.05) is 19.3 Å². The van der Waals surface area contributed by atoms with Crippen molar-refractivity contribution in [1.29, 1.82) is 0 Å². The number of likely N-dealkylation sites (tertiary alicyclic amines) is 1. The summed E-state index contributed by atoms with van der Waals surface area (Å²) in [5, 5.41) is 3.97. The van der Waals surface area contributed by atoms with Crippen molar-refractivity contribution in [2.24, 2.45) is 11.8 Å². The Hall–Kier alpha value is -2.74. The summed E-state index contributed by atoms with van der Waals surface area (Å²) < 4.78 is 25.4. The van der Waals surface area contributed by atoms with Gasteiger partial charge in [0.05, 0.1) is 24.4 Å². The summed E-state index contributed by atoms with van der Waals surface area (Å²) in [6, 6.07) is 6.13. The first-order valence-electron chi connectivity index (χ1n) is 10.6. The lowest BCUT2D eigenvalue weighted by Crippen LogP contribution is -2.30. The molecule has 0 radical (unpaired) electrons. The summed E-state index contributed by atoms with van der Waals surface area (Å²) in [6.45, 7) is 7.33. The number of aromatic nitrogens is 2. The molecule has 0 amide bonds. The average molecular weight is 429 g/mol. The van der Waals surface area contributed by atoms with Crippen LogP contribution in [0.4, 0.5) is 9.18 Å². The standard InChI is InChI=1S/C23H28FN3O4/c1-23(2,3)31-22(29)27-13-17(10-25-27)21(28)14-26-11-15-8-20(9-16(15)12-26)30-19-6-4-18(24)5-7-19/h4-7,10,13,15-16,20H,8-9,11-12,14H2,1-3H3/t15-,16+,20?. The van der Waals surface area contributed by atoms with Crippen LogP contribution in [0.15, 0.2) is 36.7 Å². The van der Waals surface area contributed by atoms with Gasteiger partial charge < -0.3 is 9.47 Å². The maximum absolute atomic E-state index is 13.0. The molecule has 1 aromatic carbocycles. The SMILES string of the molecule is CC(C)(C)OC(=O)n1cc(C(=O)CN2C[C@H]3CC(Oc4ccc(F)cc4)C[C@H]3C2)cn1. The number of hydrogen-bond donors (Lipinski definition) is 0. The van der Waals surface area contributed by atoms with Gasteiger partial charge in [0.2, 0.25) is 0 Å². The number of carbonyl (C=O) groups excluding carboxylic acids is 2. The molecule has 166 valence electrons. The molecule has 1 aliphatic heterocycles. The first-order chi connectivity index (χ1) is 14.7. The van der Waals surface area contributed by atoms with Crippen molar-refractivity contribution >= 4 is 11.9 Å². The van der Waals surface area contributed by atoms with Crippen LogP contribution in [0.1, 0.15) is 44.0 Å². The van der Waals surface area contributed by atoms with Gasteiger partial charge in [-0.25, -0.2) is 9.18 Å². The number of ether oxygens (including phenoxy) is 2. The van der Waals surface area contributed by atoms with Crippen LogP contribution in [0.5, 0.6) is 5.75 Å². The van der Waals surface area contributed by atoms with Gasteiger partial charge in [-0.15, -0.1) is 0 Å². The van der Waals surface area contributed by atoms with E-state index in [1.54, 1.807) is 32.9 Å². The number of rotatable bonds is 5. The molecule has 3 atom stereocenters. The molecule has 2 aromatic rings. The Labute approximate surface area is 181 Å². The molecular weight excluding hydrogens is 401 g/mol. The number of Topliss-reactive ketones (excluding diaryl/α,β-unsaturated/α-hetero) is 1. The Morgan fingerprint density at radius 3 is 2.39 bits per heavy atom. The topological polar surface area (TPSA) is 73.7 Å². The van der Waals surface area contributed by atoms with Crippen molar-refractivity contribution in [2.75, 3.05) is 19.6 Å². The van der Waals surface area contributed by atoms with Crippen LogP contribution in [-0.2, 0) is 4.74 Å². The van der Waals surface area contributed by atoms with Crippen LogP contribution in [0.3, 0.4) is 0 Å². The van der Waals surface area contributed by atoms with Crippen LogP contribution in [-0.4, -0.2) is 57.9 Å². The molecular formula is C23H28FN3O4. The van der Waals surface area contributed by atoms with Crippen LogP contribution < -0.4 is 4.74 Å². The van der Waals surface area contributed by atoms with Crippen molar-refractivity contribution in [2.45, 2.75) is 45.3 Å². The third kappa shape index (κ3) is 5.31. The quantitative estimate of drug-likeness (QED) is 0.674. The van der Waals surface area contributed by atoms with Gasteiger partial charge in [-0.2, -0.15) is 9.78 Å². The monoisotopic (exact) mass is 429 g/mol. The third-order valence-electron chi connectivity index (χ3n) is 5.75. The van der Waals surface area contributed by atoms with E-state index in [0.29, 0.717) is 29.7 Å². The summed E-state index contributed by atoms with van der Waals surface area (Å²) in [6.07, 6.45) is 4.24. The second kappa shape index (κ2) is 8.42. The summed E-state index contributed by atoms with van der Waals surface area (Å²) in [7, 11) is 0. The smallest absolute Gasteiger partial charge is 0.435 e. The predicted octanol–water partition coefficient (Wildman–Crippen LogP) is 3.78. The molecule has 0 bridgehead atoms. The Morgan fingerprint density at radius 1 is 1.13 bits per heavy atom. The molecule has 0 spiro atoms. The Bertz CT molecular complexity index is 936. The second-order valence-electron chi connectivity index (χ2n) is 9.46. The van der Waals surface area contributed by atoms with E-state index in [1.807, 2.05) is 0 Å². The average Bonchev–Trinajstić information content (AvgIpc) is 3.37. The Morgan fingerprint density at radius 2 is 1.77 bits per heavy atom. The predicted molar refractivity (Wildman–Crippen MR) is 112 cm³/mol. The molecule has 1 aromatic heterocycles. The Kier molecular flexibility index (Phi) is 5.83. The van der Waals surface area contributed by atoms with Gasteiger partial charge in [0.1, 0.15) is 17.2 Å². The van der Waals surface area contributed by atoms with Crippen molar-refractivity contribution in [3.8, 4) is 5.75 Å². The molecule has 31 heavy (non-hydrogen) atoms. The minimum atomic E-state index is -0.626. The molecule has 2 aliphatic rings. The summed E-state index contributed by atoms with van der Waals surface area (Å²) >= 11 is 0. The van der Waals surface area contributed by atoms with E-state index in [4.69, 9.17) is 9.47 Å². The number of hydrogen-bond acceptors (Lipinski definition) is 6. The number of ketones is 1. The van der Waals surface area contributed by atoms with Crippen molar-refractivity contribution in [3.63, 3.8) is 0 Å². The first kappa shape index (κ1) is 21.5. The molecule has 1 unspecified atom stereocenters. The van der Waals surface area contributed by atoms with Crippen molar-refractivity contribution < 1.29 is 23.5 Å². The fraction of sp³-hybridized carbons (Fsp3) is 0.522. The van der Waals surface area contributed by atoms with Crippen LogP contribution in [0.2, 0.25) is 0 Å². The molecule has 2 heterocycles. The van der Waals surface area contributed by atoms with E-state index in [-0.39, 0.29) is 17.7 Å². The van der Waals surface area contributed by atoms with Gasteiger partial charge >= 0.3 is 6.09 Å². The van der Waals surface area contributed by atoms with Crippen molar-refractivity contribution in [1.82, 2.24) is 14.7 Å². The zero-order valence-corrected chi connectivity index (χ0v) is 18.1. The highest BCUT2D eigenvalue weighted by Crippen LogP contribution is 2.39. The lowest BCUT2D eigenvalue weighted by molar-refractivity contribution is 0.0514. The van der Waals surface area contributed by atoms with E-state index in [9.17, 15) is 14.0 Å². The molecule has 0 N–H and O–H groups in total. The van der Waals surface area contributed by atoms with Crippen LogP contribution in [0, 0.1) is 17.7 Å². The van der Waals surface area contributed by atoms with Crippen LogP contribution >= 0.6 is 0 Å². The largest absolute Gasteiger partial charge is 0.490 e. The third-order valence-corrected chi connectivity index (χ3v) is 5.75. The first-order valence-corrected chi connectivity index (χ1v) is 10.6. The van der Waals surface area contributed by atoms with Gasteiger partial charge in [0.25, 0.3) is 0 Å². The van der Waals surface area contributed by atoms with E-state index in [0.717, 1.165) is 30.6 Å². The molecule has 1 saturated heterocycles. The normalized spacial score (nSPS) is 23.5. The maximum atomic E-state index is 13.0. The zero-order valence-electron chi connectivity index (χ0n) is 18.1. The van der Waals surface area contributed by atoms with Gasteiger partial charge in [-0.3, -0.25) is 9.69 Å². The van der Waals surface area contributed by atoms with Gasteiger partial charge in [-0.05, 0) is 69.7 Å². The highest BCUT2D eigenvalue weighted by Gasteiger charge is 2.42. The number of fused-ring (bicyclic) bond motifs is 1. The van der Waals surface area contributed by atoms with E-state index in [1.165, 1.54) is 24.5 Å². The zero-order chi connectivity index (χ0) is 22.2. The second-order valence-corrected chi connectivity index (χ2v) is 9.46. The molecule has 4 rings (SSSR count). The molecule has 8 heteroatoms. The minimum absolute atomic E-state index is 0.0612. The van der Waals surface area contributed by atoms with Crippen LogP contribution in [0.25, 0.3) is 0 Å². The molecule has 1 aliphatic carbocycles. The summed E-state index contributed by atoms with van der Waals surface area (Å²) in [5.74, 6) is 1.34. The number of nitrogens with zero attached hydrogens (tertiary/aromatic N) is 3. The molecule has 2 fully saturated rings. The summed E-state index contributed by atoms with van der Waals surface area (Å²) in [5.41, 5.74) is -0.223. The maximum Gasteiger partial charge on any atom is 0.435 e. The Balaban J connectivity index is 1.26. The minimum Gasteiger partial charge on any atom is -0.490 e. The van der Waals surface area contributed by atoms with E-state index < -0.39 is 11.7 Å². The van der Waals surface area contributed by atoms with Gasteiger partial charge in [0.15, 0.2) is 5.78 Å². The lowest BCUT2D eigenvalue weighted by Gasteiger charge is -2.19. The lowest BCUT2D eigenvalue weighted by atomic mass is 10.0. The summed E-state index contributed by atoms with van der Waals surface area (Å²) in [4.78, 5) is 26.9. The number of benzene rings is 1. The highest BCUT2D eigenvalue weighted by atomic mass is 19.1. The van der Waals surface area contributed by atoms with E-state index in [2.05, 4.69) is 10.00 Å². The van der Waals surface area contributed by atoms with E-state index >= 15 is 0 Å². The highest BCUT2D eigenvalue weighted by molar-refractivity contribution is 5.97.